The number of para-hydroxylation sites is 1. The zero-order chi connectivity index (χ0) is 20.9. The van der Waals surface area contributed by atoms with Gasteiger partial charge in [-0.25, -0.2) is 14.4 Å². The van der Waals surface area contributed by atoms with Crippen molar-refractivity contribution in [3.05, 3.63) is 96.2 Å². The molecule has 0 saturated carbocycles. The molecule has 0 saturated heterocycles. The molecule has 0 radical (unpaired) electrons. The molecule has 0 spiro atoms. The van der Waals surface area contributed by atoms with Crippen molar-refractivity contribution in [2.75, 3.05) is 10.6 Å². The zero-order valence-electron chi connectivity index (χ0n) is 16.1. The minimum atomic E-state index is -0.489. The molecule has 30 heavy (non-hydrogen) atoms. The van der Waals surface area contributed by atoms with Crippen LogP contribution < -0.4 is 10.6 Å². The number of nitrogens with zero attached hydrogens (tertiary/aromatic N) is 3. The quantitative estimate of drug-likeness (QED) is 0.495. The molecule has 0 atom stereocenters. The van der Waals surface area contributed by atoms with E-state index in [0.29, 0.717) is 17.2 Å². The Morgan fingerprint density at radius 3 is 2.63 bits per heavy atom. The normalized spacial score (nSPS) is 10.5. The number of nitrogens with one attached hydrogen (secondary N) is 2. The van der Waals surface area contributed by atoms with Gasteiger partial charge in [0, 0.05) is 35.4 Å². The highest BCUT2D eigenvalue weighted by molar-refractivity contribution is 6.05. The number of benzene rings is 2. The third-order valence-electron chi connectivity index (χ3n) is 4.48. The predicted octanol–water partition coefficient (Wildman–Crippen LogP) is 4.98. The minimum Gasteiger partial charge on any atom is -0.324 e. The SMILES string of the molecule is Cc1ccc(C(=O)Nc2ccccc2F)cc1Nc1nccc(-c2cccnc2)n1. The fraction of sp³-hybridized carbons (Fsp3) is 0.0435. The molecule has 4 rings (SSSR count). The molecule has 2 aromatic heterocycles. The highest BCUT2D eigenvalue weighted by Crippen LogP contribution is 2.23. The molecule has 0 aliphatic rings. The smallest absolute Gasteiger partial charge is 0.255 e. The number of rotatable bonds is 5. The number of pyridine rings is 1. The van der Waals surface area contributed by atoms with Crippen molar-refractivity contribution >= 4 is 23.2 Å². The predicted molar refractivity (Wildman–Crippen MR) is 114 cm³/mol. The van der Waals surface area contributed by atoms with E-state index in [4.69, 9.17) is 0 Å². The summed E-state index contributed by atoms with van der Waals surface area (Å²) in [6, 6.07) is 16.8. The molecule has 1 amide bonds. The molecular formula is C23H18FN5O. The number of hydrogen-bond donors (Lipinski definition) is 2. The molecule has 0 unspecified atom stereocenters. The second kappa shape index (κ2) is 8.48. The number of carbonyl (C=O) groups excluding carboxylic acids is 1. The van der Waals surface area contributed by atoms with E-state index in [0.717, 1.165) is 16.8 Å². The summed E-state index contributed by atoms with van der Waals surface area (Å²) in [6.07, 6.45) is 5.08. The molecule has 2 N–H and O–H groups in total. The summed E-state index contributed by atoms with van der Waals surface area (Å²) < 4.78 is 13.8. The lowest BCUT2D eigenvalue weighted by Crippen LogP contribution is -2.13. The summed E-state index contributed by atoms with van der Waals surface area (Å²) in [7, 11) is 0. The topological polar surface area (TPSA) is 79.8 Å². The number of anilines is 3. The third-order valence-corrected chi connectivity index (χ3v) is 4.48. The van der Waals surface area contributed by atoms with Gasteiger partial charge in [0.05, 0.1) is 11.4 Å². The lowest BCUT2D eigenvalue weighted by atomic mass is 10.1. The van der Waals surface area contributed by atoms with E-state index in [2.05, 4.69) is 25.6 Å². The van der Waals surface area contributed by atoms with Gasteiger partial charge >= 0.3 is 0 Å². The van der Waals surface area contributed by atoms with Crippen LogP contribution >= 0.6 is 0 Å². The lowest BCUT2D eigenvalue weighted by molar-refractivity contribution is 0.102. The van der Waals surface area contributed by atoms with E-state index >= 15 is 0 Å². The molecule has 2 heterocycles. The molecular weight excluding hydrogens is 381 g/mol. The highest BCUT2D eigenvalue weighted by atomic mass is 19.1. The van der Waals surface area contributed by atoms with Gasteiger partial charge in [-0.05, 0) is 55.0 Å². The van der Waals surface area contributed by atoms with Crippen molar-refractivity contribution in [2.24, 2.45) is 0 Å². The largest absolute Gasteiger partial charge is 0.324 e. The molecule has 0 aliphatic carbocycles. The van der Waals surface area contributed by atoms with Crippen LogP contribution in [0.15, 0.2) is 79.3 Å². The first kappa shape index (κ1) is 19.2. The van der Waals surface area contributed by atoms with E-state index in [1.165, 1.54) is 12.1 Å². The van der Waals surface area contributed by atoms with Crippen molar-refractivity contribution < 1.29 is 9.18 Å². The molecule has 0 fully saturated rings. The Labute approximate surface area is 172 Å². The van der Waals surface area contributed by atoms with Crippen LogP contribution in [0, 0.1) is 12.7 Å². The molecule has 0 aliphatic heterocycles. The first-order chi connectivity index (χ1) is 14.6. The highest BCUT2D eigenvalue weighted by Gasteiger charge is 2.12. The van der Waals surface area contributed by atoms with Gasteiger partial charge in [-0.3, -0.25) is 9.78 Å². The number of halogens is 1. The summed E-state index contributed by atoms with van der Waals surface area (Å²) in [5.74, 6) is -0.503. The fourth-order valence-corrected chi connectivity index (χ4v) is 2.87. The number of aryl methyl sites for hydroxylation is 1. The second-order valence-corrected chi connectivity index (χ2v) is 6.60. The van der Waals surface area contributed by atoms with Gasteiger partial charge in [0.2, 0.25) is 5.95 Å². The zero-order valence-corrected chi connectivity index (χ0v) is 16.1. The van der Waals surface area contributed by atoms with Crippen LogP contribution in [0.3, 0.4) is 0 Å². The monoisotopic (exact) mass is 399 g/mol. The van der Waals surface area contributed by atoms with Gasteiger partial charge < -0.3 is 10.6 Å². The Hall–Kier alpha value is -4.13. The Morgan fingerprint density at radius 2 is 1.83 bits per heavy atom. The maximum atomic E-state index is 13.8. The van der Waals surface area contributed by atoms with Crippen molar-refractivity contribution in [3.8, 4) is 11.3 Å². The van der Waals surface area contributed by atoms with Gasteiger partial charge in [0.1, 0.15) is 5.82 Å². The Kier molecular flexibility index (Phi) is 5.43. The number of amides is 1. The van der Waals surface area contributed by atoms with Crippen molar-refractivity contribution in [1.82, 2.24) is 15.0 Å². The van der Waals surface area contributed by atoms with Gasteiger partial charge in [0.25, 0.3) is 5.91 Å². The first-order valence-corrected chi connectivity index (χ1v) is 9.27. The lowest BCUT2D eigenvalue weighted by Gasteiger charge is -2.12. The van der Waals surface area contributed by atoms with Crippen molar-refractivity contribution in [1.29, 1.82) is 0 Å². The van der Waals surface area contributed by atoms with E-state index in [9.17, 15) is 9.18 Å². The second-order valence-electron chi connectivity index (χ2n) is 6.60. The molecule has 148 valence electrons. The van der Waals surface area contributed by atoms with Crippen molar-refractivity contribution in [3.63, 3.8) is 0 Å². The van der Waals surface area contributed by atoms with Crippen LogP contribution in [-0.4, -0.2) is 20.9 Å². The van der Waals surface area contributed by atoms with E-state index in [1.54, 1.807) is 48.9 Å². The number of carbonyl (C=O) groups is 1. The van der Waals surface area contributed by atoms with Crippen molar-refractivity contribution in [2.45, 2.75) is 6.92 Å². The maximum absolute atomic E-state index is 13.8. The number of aromatic nitrogens is 3. The molecule has 6 nitrogen and oxygen atoms in total. The van der Waals surface area contributed by atoms with Gasteiger partial charge in [-0.15, -0.1) is 0 Å². The maximum Gasteiger partial charge on any atom is 0.255 e. The van der Waals surface area contributed by atoms with Crippen LogP contribution in [0.4, 0.5) is 21.7 Å². The fourth-order valence-electron chi connectivity index (χ4n) is 2.87. The number of hydrogen-bond acceptors (Lipinski definition) is 5. The molecule has 0 bridgehead atoms. The first-order valence-electron chi connectivity index (χ1n) is 9.27. The molecule has 2 aromatic carbocycles. The van der Waals surface area contributed by atoms with Crippen LogP contribution in [0.1, 0.15) is 15.9 Å². The van der Waals surface area contributed by atoms with E-state index in [-0.39, 0.29) is 5.69 Å². The summed E-state index contributed by atoms with van der Waals surface area (Å²) in [6.45, 7) is 1.91. The third kappa shape index (κ3) is 4.30. The van der Waals surface area contributed by atoms with Crippen LogP contribution in [0.25, 0.3) is 11.3 Å². The summed E-state index contributed by atoms with van der Waals surface area (Å²) in [5.41, 5.74) is 3.71. The minimum absolute atomic E-state index is 0.130. The van der Waals surface area contributed by atoms with Gasteiger partial charge in [-0.2, -0.15) is 0 Å². The average Bonchev–Trinajstić information content (AvgIpc) is 2.77. The van der Waals surface area contributed by atoms with Gasteiger partial charge in [-0.1, -0.05) is 18.2 Å². The summed E-state index contributed by atoms with van der Waals surface area (Å²) in [5, 5.41) is 5.74. The van der Waals surface area contributed by atoms with Crippen LogP contribution in [0.5, 0.6) is 0 Å². The Bertz CT molecular complexity index is 1200. The van der Waals surface area contributed by atoms with Crippen LogP contribution in [0.2, 0.25) is 0 Å². The Morgan fingerprint density at radius 1 is 0.967 bits per heavy atom. The van der Waals surface area contributed by atoms with E-state index in [1.807, 2.05) is 25.1 Å². The molecule has 4 aromatic rings. The van der Waals surface area contributed by atoms with Crippen LogP contribution in [-0.2, 0) is 0 Å². The Balaban J connectivity index is 1.57. The van der Waals surface area contributed by atoms with Gasteiger partial charge in [0.15, 0.2) is 0 Å². The standard InChI is InChI=1S/C23H18FN5O/c1-15-8-9-16(22(30)27-20-7-3-2-6-18(20)24)13-21(15)29-23-26-12-10-19(28-23)17-5-4-11-25-14-17/h2-14H,1H3,(H,27,30)(H,26,28,29). The average molecular weight is 399 g/mol. The summed E-state index contributed by atoms with van der Waals surface area (Å²) in [4.78, 5) is 25.5. The summed E-state index contributed by atoms with van der Waals surface area (Å²) >= 11 is 0. The molecule has 7 heteroatoms. The van der Waals surface area contributed by atoms with E-state index < -0.39 is 11.7 Å².